The number of likely N-dealkylation sites (tertiary alicyclic amines) is 2. The number of nitrogens with zero attached hydrogens (tertiary/aromatic N) is 5. The van der Waals surface area contributed by atoms with Crippen molar-refractivity contribution in [3.63, 3.8) is 0 Å². The highest BCUT2D eigenvalue weighted by molar-refractivity contribution is 7.09. The van der Waals surface area contributed by atoms with Crippen molar-refractivity contribution in [1.82, 2.24) is 24.7 Å². The lowest BCUT2D eigenvalue weighted by atomic mass is 9.87. The quantitative estimate of drug-likeness (QED) is 0.740. The molecule has 0 aliphatic carbocycles. The Labute approximate surface area is 188 Å². The minimum Gasteiger partial charge on any atom is -0.383 e. The molecule has 1 N–H and O–H groups in total. The van der Waals surface area contributed by atoms with Crippen LogP contribution in [0.1, 0.15) is 48.9 Å². The fourth-order valence-corrected chi connectivity index (χ4v) is 5.71. The molecule has 168 valence electrons. The number of thiazole rings is 1. The van der Waals surface area contributed by atoms with Gasteiger partial charge in [0.15, 0.2) is 0 Å². The highest BCUT2D eigenvalue weighted by Gasteiger charge is 2.38. The van der Waals surface area contributed by atoms with Crippen LogP contribution >= 0.6 is 11.3 Å². The summed E-state index contributed by atoms with van der Waals surface area (Å²) >= 11 is 1.63. The molecule has 2 saturated heterocycles. The summed E-state index contributed by atoms with van der Waals surface area (Å²) in [5.41, 5.74) is 1.18. The van der Waals surface area contributed by atoms with Crippen molar-refractivity contribution in [3.05, 3.63) is 46.2 Å². The van der Waals surface area contributed by atoms with E-state index in [4.69, 9.17) is 4.98 Å². The van der Waals surface area contributed by atoms with Gasteiger partial charge in [0, 0.05) is 63.5 Å². The molecule has 31 heavy (non-hydrogen) atoms. The Morgan fingerprint density at radius 3 is 2.65 bits per heavy atom. The standard InChI is InChI=1S/C23H33N5O2S/c1-18(29)27-10-5-20(6-11-27)28-12-7-23(30,8-13-28)21-17-31-22(25-21)16-26(2)15-19-4-3-9-24-14-19/h3-4,9,14,17,20,30H,5-8,10-13,15-16H2,1-2H3. The number of amides is 1. The second kappa shape index (κ2) is 9.73. The smallest absolute Gasteiger partial charge is 0.219 e. The largest absolute Gasteiger partial charge is 0.383 e. The number of aromatic nitrogens is 2. The van der Waals surface area contributed by atoms with E-state index in [1.807, 2.05) is 22.5 Å². The second-order valence-corrected chi connectivity index (χ2v) is 9.91. The van der Waals surface area contributed by atoms with Gasteiger partial charge < -0.3 is 14.9 Å². The summed E-state index contributed by atoms with van der Waals surface area (Å²) in [6, 6.07) is 4.56. The first kappa shape index (κ1) is 22.3. The summed E-state index contributed by atoms with van der Waals surface area (Å²) in [7, 11) is 2.08. The molecular weight excluding hydrogens is 410 g/mol. The van der Waals surface area contributed by atoms with E-state index in [1.54, 1.807) is 24.5 Å². The van der Waals surface area contributed by atoms with Gasteiger partial charge in [-0.1, -0.05) is 6.07 Å². The van der Waals surface area contributed by atoms with E-state index < -0.39 is 5.60 Å². The number of carbonyl (C=O) groups excluding carboxylic acids is 1. The lowest BCUT2D eigenvalue weighted by molar-refractivity contribution is -0.130. The molecule has 7 nitrogen and oxygen atoms in total. The van der Waals surface area contributed by atoms with E-state index in [1.165, 1.54) is 5.56 Å². The third-order valence-electron chi connectivity index (χ3n) is 6.66. The van der Waals surface area contributed by atoms with E-state index in [0.717, 1.165) is 62.8 Å². The van der Waals surface area contributed by atoms with Crippen molar-refractivity contribution >= 4 is 17.2 Å². The number of pyridine rings is 1. The highest BCUT2D eigenvalue weighted by Crippen LogP contribution is 2.35. The molecule has 0 saturated carbocycles. The zero-order chi connectivity index (χ0) is 21.8. The summed E-state index contributed by atoms with van der Waals surface area (Å²) in [5.74, 6) is 0.178. The molecule has 2 aromatic rings. The van der Waals surface area contributed by atoms with Crippen molar-refractivity contribution < 1.29 is 9.90 Å². The molecule has 4 heterocycles. The van der Waals surface area contributed by atoms with Crippen LogP contribution in [-0.2, 0) is 23.5 Å². The zero-order valence-electron chi connectivity index (χ0n) is 18.5. The fraction of sp³-hybridized carbons (Fsp3) is 0.609. The molecule has 1 amide bonds. The normalized spacial score (nSPS) is 20.3. The first-order chi connectivity index (χ1) is 14.9. The first-order valence-electron chi connectivity index (χ1n) is 11.2. The van der Waals surface area contributed by atoms with Crippen LogP contribution in [0.4, 0.5) is 0 Å². The highest BCUT2D eigenvalue weighted by atomic mass is 32.1. The third kappa shape index (κ3) is 5.49. The predicted octanol–water partition coefficient (Wildman–Crippen LogP) is 2.46. The SMILES string of the molecule is CC(=O)N1CCC(N2CCC(O)(c3csc(CN(C)Cc4cccnc4)n3)CC2)CC1. The van der Waals surface area contributed by atoms with E-state index in [9.17, 15) is 9.90 Å². The number of rotatable bonds is 6. The van der Waals surface area contributed by atoms with Crippen LogP contribution in [0.3, 0.4) is 0 Å². The molecule has 0 radical (unpaired) electrons. The average Bonchev–Trinajstić information content (AvgIpc) is 3.24. The molecule has 0 atom stereocenters. The molecule has 0 bridgehead atoms. The Bertz CT molecular complexity index is 858. The van der Waals surface area contributed by atoms with Gasteiger partial charge in [0.1, 0.15) is 10.6 Å². The number of carbonyl (C=O) groups is 1. The summed E-state index contributed by atoms with van der Waals surface area (Å²) in [5, 5.41) is 14.4. The maximum Gasteiger partial charge on any atom is 0.219 e. The van der Waals surface area contributed by atoms with Crippen molar-refractivity contribution in [2.45, 2.75) is 57.3 Å². The molecule has 2 aliphatic rings. The first-order valence-corrected chi connectivity index (χ1v) is 12.1. The Morgan fingerprint density at radius 1 is 1.26 bits per heavy atom. The monoisotopic (exact) mass is 443 g/mol. The van der Waals surface area contributed by atoms with Crippen LogP contribution in [0.5, 0.6) is 0 Å². The third-order valence-corrected chi connectivity index (χ3v) is 7.49. The summed E-state index contributed by atoms with van der Waals surface area (Å²) in [6.07, 6.45) is 7.18. The minimum atomic E-state index is -0.826. The van der Waals surface area contributed by atoms with Crippen LogP contribution in [0, 0.1) is 0 Å². The van der Waals surface area contributed by atoms with Crippen molar-refractivity contribution in [2.75, 3.05) is 33.2 Å². The number of hydrogen-bond acceptors (Lipinski definition) is 7. The van der Waals surface area contributed by atoms with Crippen molar-refractivity contribution in [2.24, 2.45) is 0 Å². The summed E-state index contributed by atoms with van der Waals surface area (Å²) < 4.78 is 0. The lowest BCUT2D eigenvalue weighted by Crippen LogP contribution is -2.51. The van der Waals surface area contributed by atoms with Gasteiger partial charge in [-0.15, -0.1) is 11.3 Å². The number of aliphatic hydroxyl groups is 1. The molecule has 2 aromatic heterocycles. The Kier molecular flexibility index (Phi) is 7.01. The second-order valence-electron chi connectivity index (χ2n) is 8.96. The number of hydrogen-bond donors (Lipinski definition) is 1. The maximum absolute atomic E-state index is 11.6. The van der Waals surface area contributed by atoms with Crippen LogP contribution in [0.15, 0.2) is 29.9 Å². The van der Waals surface area contributed by atoms with Crippen LogP contribution in [0.2, 0.25) is 0 Å². The van der Waals surface area contributed by atoms with E-state index in [-0.39, 0.29) is 5.91 Å². The average molecular weight is 444 g/mol. The van der Waals surface area contributed by atoms with Gasteiger partial charge in [-0.2, -0.15) is 0 Å². The van der Waals surface area contributed by atoms with E-state index >= 15 is 0 Å². The number of piperidine rings is 2. The topological polar surface area (TPSA) is 72.8 Å². The van der Waals surface area contributed by atoms with Crippen molar-refractivity contribution in [1.29, 1.82) is 0 Å². The van der Waals surface area contributed by atoms with E-state index in [0.29, 0.717) is 18.9 Å². The van der Waals surface area contributed by atoms with Crippen molar-refractivity contribution in [3.8, 4) is 0 Å². The molecule has 0 unspecified atom stereocenters. The van der Waals surface area contributed by atoms with Crippen LogP contribution < -0.4 is 0 Å². The van der Waals surface area contributed by atoms with Crippen LogP contribution in [0.25, 0.3) is 0 Å². The molecule has 0 spiro atoms. The lowest BCUT2D eigenvalue weighted by Gasteiger charge is -2.43. The van der Waals surface area contributed by atoms with Gasteiger partial charge in [0.2, 0.25) is 5.91 Å². The summed E-state index contributed by atoms with van der Waals surface area (Å²) in [4.78, 5) is 27.2. The molecule has 4 rings (SSSR count). The van der Waals surface area contributed by atoms with Gasteiger partial charge >= 0.3 is 0 Å². The van der Waals surface area contributed by atoms with Gasteiger partial charge in [0.25, 0.3) is 0 Å². The molecule has 0 aromatic carbocycles. The Hall–Kier alpha value is -1.87. The fourth-order valence-electron chi connectivity index (χ4n) is 4.75. The van der Waals surface area contributed by atoms with Crippen LogP contribution in [-0.4, -0.2) is 74.9 Å². The molecular formula is C23H33N5O2S. The Morgan fingerprint density at radius 2 is 2.00 bits per heavy atom. The Balaban J connectivity index is 1.29. The molecule has 2 aliphatic heterocycles. The summed E-state index contributed by atoms with van der Waals surface area (Å²) in [6.45, 7) is 6.70. The van der Waals surface area contributed by atoms with Gasteiger partial charge in [-0.25, -0.2) is 4.98 Å². The minimum absolute atomic E-state index is 0.178. The van der Waals surface area contributed by atoms with Gasteiger partial charge in [-0.05, 0) is 44.4 Å². The molecule has 8 heteroatoms. The zero-order valence-corrected chi connectivity index (χ0v) is 19.4. The van der Waals surface area contributed by atoms with Gasteiger partial charge in [0.05, 0.1) is 12.2 Å². The van der Waals surface area contributed by atoms with E-state index in [2.05, 4.69) is 27.9 Å². The predicted molar refractivity (Wildman–Crippen MR) is 122 cm³/mol. The maximum atomic E-state index is 11.6. The van der Waals surface area contributed by atoms with Gasteiger partial charge in [-0.3, -0.25) is 14.7 Å². The molecule has 2 fully saturated rings.